The van der Waals surface area contributed by atoms with Crippen LogP contribution in [0.2, 0.25) is 0 Å². The van der Waals surface area contributed by atoms with E-state index in [-0.39, 0.29) is 0 Å². The van der Waals surface area contributed by atoms with Crippen molar-refractivity contribution in [1.29, 1.82) is 0 Å². The van der Waals surface area contributed by atoms with Crippen molar-refractivity contribution in [2.24, 2.45) is 0 Å². The molecule has 0 radical (unpaired) electrons. The van der Waals surface area contributed by atoms with E-state index in [0.717, 1.165) is 17.1 Å². The predicted molar refractivity (Wildman–Crippen MR) is 102 cm³/mol. The summed E-state index contributed by atoms with van der Waals surface area (Å²) in [6, 6.07) is 17.6. The lowest BCUT2D eigenvalue weighted by atomic mass is 10.2. The first-order chi connectivity index (χ1) is 12.2. The Labute approximate surface area is 147 Å². The van der Waals surface area contributed by atoms with Gasteiger partial charge in [0, 0.05) is 12.7 Å². The zero-order chi connectivity index (χ0) is 17.6. The van der Waals surface area contributed by atoms with Gasteiger partial charge in [0.1, 0.15) is 17.8 Å². The van der Waals surface area contributed by atoms with Crippen molar-refractivity contribution in [1.82, 2.24) is 9.97 Å². The van der Waals surface area contributed by atoms with Crippen molar-refractivity contribution in [2.75, 3.05) is 29.6 Å². The zero-order valence-corrected chi connectivity index (χ0v) is 14.3. The molecule has 1 aromatic heterocycles. The Balaban J connectivity index is 1.92. The number of hydrogen-bond acceptors (Lipinski definition) is 6. The standard InChI is InChI=1S/C19H21N5O/c1-3-25-16-12-8-7-11-15(16)23-18-17(20)19(22-13-21-18)24(2)14-9-5-4-6-10-14/h4-13H,3,20H2,1-2H3,(H,21,22,23). The van der Waals surface area contributed by atoms with Crippen LogP contribution in [0.1, 0.15) is 6.92 Å². The van der Waals surface area contributed by atoms with Crippen molar-refractivity contribution in [3.63, 3.8) is 0 Å². The molecule has 3 rings (SSSR count). The number of anilines is 5. The van der Waals surface area contributed by atoms with Gasteiger partial charge in [-0.15, -0.1) is 0 Å². The van der Waals surface area contributed by atoms with E-state index in [0.29, 0.717) is 23.9 Å². The maximum atomic E-state index is 6.32. The highest BCUT2D eigenvalue weighted by molar-refractivity contribution is 5.82. The highest BCUT2D eigenvalue weighted by Gasteiger charge is 2.14. The highest BCUT2D eigenvalue weighted by atomic mass is 16.5. The summed E-state index contributed by atoms with van der Waals surface area (Å²) >= 11 is 0. The van der Waals surface area contributed by atoms with Crippen LogP contribution in [0.4, 0.5) is 28.7 Å². The van der Waals surface area contributed by atoms with Gasteiger partial charge in [0.05, 0.1) is 12.3 Å². The van der Waals surface area contributed by atoms with Crippen molar-refractivity contribution < 1.29 is 4.74 Å². The van der Waals surface area contributed by atoms with E-state index in [9.17, 15) is 0 Å². The van der Waals surface area contributed by atoms with E-state index in [4.69, 9.17) is 10.5 Å². The fourth-order valence-corrected chi connectivity index (χ4v) is 2.51. The third-order valence-electron chi connectivity index (χ3n) is 3.76. The van der Waals surface area contributed by atoms with Gasteiger partial charge >= 0.3 is 0 Å². The number of aromatic nitrogens is 2. The molecule has 3 aromatic rings. The number of hydrogen-bond donors (Lipinski definition) is 2. The summed E-state index contributed by atoms with van der Waals surface area (Å²) < 4.78 is 5.64. The topological polar surface area (TPSA) is 76.3 Å². The van der Waals surface area contributed by atoms with Crippen molar-refractivity contribution in [3.05, 3.63) is 60.9 Å². The summed E-state index contributed by atoms with van der Waals surface area (Å²) in [6.07, 6.45) is 1.50. The molecule has 2 aromatic carbocycles. The summed E-state index contributed by atoms with van der Waals surface area (Å²) in [5.74, 6) is 1.93. The molecule has 3 N–H and O–H groups in total. The van der Waals surface area contributed by atoms with Gasteiger partial charge in [0.2, 0.25) is 0 Å². The normalized spacial score (nSPS) is 10.3. The zero-order valence-electron chi connectivity index (χ0n) is 14.3. The van der Waals surface area contributed by atoms with Crippen LogP contribution in [-0.2, 0) is 0 Å². The van der Waals surface area contributed by atoms with Gasteiger partial charge in [0.25, 0.3) is 0 Å². The molecule has 0 aliphatic rings. The quantitative estimate of drug-likeness (QED) is 0.710. The SMILES string of the molecule is CCOc1ccccc1Nc1ncnc(N(C)c2ccccc2)c1N. The fraction of sp³-hybridized carbons (Fsp3) is 0.158. The lowest BCUT2D eigenvalue weighted by Crippen LogP contribution is -2.15. The van der Waals surface area contributed by atoms with Gasteiger partial charge in [-0.2, -0.15) is 0 Å². The molecule has 0 saturated heterocycles. The van der Waals surface area contributed by atoms with E-state index in [1.54, 1.807) is 0 Å². The predicted octanol–water partition coefficient (Wildman–Crippen LogP) is 3.97. The van der Waals surface area contributed by atoms with Crippen LogP contribution < -0.4 is 20.7 Å². The Morgan fingerprint density at radius 3 is 2.52 bits per heavy atom. The third kappa shape index (κ3) is 3.63. The smallest absolute Gasteiger partial charge is 0.161 e. The molecule has 0 unspecified atom stereocenters. The fourth-order valence-electron chi connectivity index (χ4n) is 2.51. The number of nitrogens with one attached hydrogen (secondary N) is 1. The van der Waals surface area contributed by atoms with E-state index < -0.39 is 0 Å². The average molecular weight is 335 g/mol. The Morgan fingerprint density at radius 2 is 1.76 bits per heavy atom. The first-order valence-corrected chi connectivity index (χ1v) is 8.08. The number of nitrogen functional groups attached to an aromatic ring is 1. The van der Waals surface area contributed by atoms with Crippen molar-refractivity contribution in [3.8, 4) is 5.75 Å². The first kappa shape index (κ1) is 16.6. The van der Waals surface area contributed by atoms with Crippen LogP contribution in [0.3, 0.4) is 0 Å². The average Bonchev–Trinajstić information content (AvgIpc) is 2.65. The number of rotatable bonds is 6. The molecular formula is C19H21N5O. The lowest BCUT2D eigenvalue weighted by Gasteiger charge is -2.21. The van der Waals surface area contributed by atoms with Gasteiger partial charge < -0.3 is 20.7 Å². The molecule has 0 amide bonds. The van der Waals surface area contributed by atoms with Crippen LogP contribution >= 0.6 is 0 Å². The first-order valence-electron chi connectivity index (χ1n) is 8.08. The second-order valence-electron chi connectivity index (χ2n) is 5.41. The molecular weight excluding hydrogens is 314 g/mol. The number of ether oxygens (including phenoxy) is 1. The minimum absolute atomic E-state index is 0.472. The van der Waals surface area contributed by atoms with Crippen LogP contribution in [0.15, 0.2) is 60.9 Å². The number of nitrogens with zero attached hydrogens (tertiary/aromatic N) is 3. The number of benzene rings is 2. The Hall–Kier alpha value is -3.28. The molecule has 6 heteroatoms. The minimum Gasteiger partial charge on any atom is -0.492 e. The lowest BCUT2D eigenvalue weighted by molar-refractivity contribution is 0.342. The van der Waals surface area contributed by atoms with E-state index in [2.05, 4.69) is 15.3 Å². The molecule has 0 bridgehead atoms. The molecule has 6 nitrogen and oxygen atoms in total. The van der Waals surface area contributed by atoms with Crippen LogP contribution in [0.5, 0.6) is 5.75 Å². The highest BCUT2D eigenvalue weighted by Crippen LogP contribution is 2.34. The molecule has 0 saturated carbocycles. The van der Waals surface area contributed by atoms with Gasteiger partial charge in [-0.1, -0.05) is 30.3 Å². The minimum atomic E-state index is 0.472. The summed E-state index contributed by atoms with van der Waals surface area (Å²) in [4.78, 5) is 10.5. The third-order valence-corrected chi connectivity index (χ3v) is 3.76. The molecule has 1 heterocycles. The Bertz CT molecular complexity index is 838. The summed E-state index contributed by atoms with van der Waals surface area (Å²) in [5, 5.41) is 3.24. The molecule has 25 heavy (non-hydrogen) atoms. The summed E-state index contributed by atoms with van der Waals surface area (Å²) in [7, 11) is 1.92. The van der Waals surface area contributed by atoms with Crippen molar-refractivity contribution >= 4 is 28.7 Å². The second kappa shape index (κ2) is 7.53. The number of para-hydroxylation sites is 3. The maximum Gasteiger partial charge on any atom is 0.161 e. The maximum absolute atomic E-state index is 6.32. The number of nitrogens with two attached hydrogens (primary N) is 1. The molecule has 128 valence electrons. The molecule has 0 atom stereocenters. The molecule has 0 aliphatic carbocycles. The van der Waals surface area contributed by atoms with Gasteiger partial charge in [-0.25, -0.2) is 9.97 Å². The molecule has 0 aliphatic heterocycles. The summed E-state index contributed by atoms with van der Waals surface area (Å²) in [5.41, 5.74) is 8.60. The van der Waals surface area contributed by atoms with Crippen LogP contribution in [-0.4, -0.2) is 23.6 Å². The van der Waals surface area contributed by atoms with E-state index in [1.165, 1.54) is 6.33 Å². The molecule has 0 spiro atoms. The van der Waals surface area contributed by atoms with Crippen LogP contribution in [0, 0.1) is 0 Å². The monoisotopic (exact) mass is 335 g/mol. The van der Waals surface area contributed by atoms with Crippen molar-refractivity contribution in [2.45, 2.75) is 6.92 Å². The van der Waals surface area contributed by atoms with Gasteiger partial charge in [0.15, 0.2) is 11.6 Å². The largest absolute Gasteiger partial charge is 0.492 e. The van der Waals surface area contributed by atoms with Gasteiger partial charge in [-0.05, 0) is 31.2 Å². The van der Waals surface area contributed by atoms with Crippen LogP contribution in [0.25, 0.3) is 0 Å². The van der Waals surface area contributed by atoms with E-state index in [1.807, 2.05) is 73.5 Å². The summed E-state index contributed by atoms with van der Waals surface area (Å²) in [6.45, 7) is 2.53. The molecule has 0 fully saturated rings. The Morgan fingerprint density at radius 1 is 1.04 bits per heavy atom. The second-order valence-corrected chi connectivity index (χ2v) is 5.41. The van der Waals surface area contributed by atoms with Gasteiger partial charge in [-0.3, -0.25) is 0 Å². The van der Waals surface area contributed by atoms with E-state index >= 15 is 0 Å². The Kier molecular flexibility index (Phi) is 4.99.